The maximum absolute atomic E-state index is 12.8. The van der Waals surface area contributed by atoms with E-state index in [4.69, 9.17) is 11.6 Å². The summed E-state index contributed by atoms with van der Waals surface area (Å²) in [7, 11) is 2.12. The normalized spacial score (nSPS) is 20.8. The van der Waals surface area contributed by atoms with Gasteiger partial charge in [0.2, 0.25) is 0 Å². The third-order valence-corrected chi connectivity index (χ3v) is 4.69. The zero-order valence-corrected chi connectivity index (χ0v) is 14.2. The lowest BCUT2D eigenvalue weighted by atomic mass is 10.1. The molecule has 1 amide bonds. The first kappa shape index (κ1) is 15.8. The highest BCUT2D eigenvalue weighted by molar-refractivity contribution is 9.10. The molecule has 0 N–H and O–H groups in total. The molecule has 0 saturated carbocycles. The number of nitrogens with zero attached hydrogens (tertiary/aromatic N) is 2. The van der Waals surface area contributed by atoms with Crippen molar-refractivity contribution < 1.29 is 4.79 Å². The monoisotopic (exact) mass is 358 g/mol. The summed E-state index contributed by atoms with van der Waals surface area (Å²) in [5, 5.41) is 0.635. The lowest BCUT2D eigenvalue weighted by Crippen LogP contribution is -2.43. The smallest absolute Gasteiger partial charge is 0.255 e. The van der Waals surface area contributed by atoms with Crippen LogP contribution in [0.4, 0.5) is 0 Å². The van der Waals surface area contributed by atoms with Crippen LogP contribution in [-0.4, -0.2) is 48.4 Å². The lowest BCUT2D eigenvalue weighted by molar-refractivity contribution is 0.0675. The molecular formula is C15H20BrClN2O. The highest BCUT2D eigenvalue weighted by Crippen LogP contribution is 2.24. The fraction of sp³-hybridized carbons (Fsp3) is 0.533. The number of amides is 1. The first-order valence-electron chi connectivity index (χ1n) is 6.97. The van der Waals surface area contributed by atoms with Crippen LogP contribution in [0.1, 0.15) is 30.1 Å². The van der Waals surface area contributed by atoms with E-state index in [1.807, 2.05) is 4.90 Å². The van der Waals surface area contributed by atoms with E-state index in [-0.39, 0.29) is 11.9 Å². The fourth-order valence-electron chi connectivity index (χ4n) is 2.68. The van der Waals surface area contributed by atoms with E-state index >= 15 is 0 Å². The van der Waals surface area contributed by atoms with Gasteiger partial charge < -0.3 is 9.80 Å². The molecule has 2 rings (SSSR count). The average Bonchev–Trinajstić information content (AvgIpc) is 2.59. The minimum absolute atomic E-state index is 0.0932. The summed E-state index contributed by atoms with van der Waals surface area (Å²) in [5.74, 6) is 0.0932. The van der Waals surface area contributed by atoms with Gasteiger partial charge in [-0.1, -0.05) is 18.5 Å². The van der Waals surface area contributed by atoms with Crippen LogP contribution in [0.2, 0.25) is 5.02 Å². The van der Waals surface area contributed by atoms with Crippen molar-refractivity contribution in [1.82, 2.24) is 9.80 Å². The van der Waals surface area contributed by atoms with Crippen LogP contribution in [0, 0.1) is 0 Å². The summed E-state index contributed by atoms with van der Waals surface area (Å²) in [6.45, 7) is 4.94. The molecule has 1 atom stereocenters. The summed E-state index contributed by atoms with van der Waals surface area (Å²) in [4.78, 5) is 17.1. The van der Waals surface area contributed by atoms with Crippen LogP contribution in [-0.2, 0) is 0 Å². The Labute approximate surface area is 134 Å². The van der Waals surface area contributed by atoms with Crippen molar-refractivity contribution in [3.8, 4) is 0 Å². The quantitative estimate of drug-likeness (QED) is 0.804. The Bertz CT molecular complexity index is 495. The van der Waals surface area contributed by atoms with Gasteiger partial charge in [0.15, 0.2) is 0 Å². The largest absolute Gasteiger partial charge is 0.334 e. The Morgan fingerprint density at radius 2 is 2.20 bits per heavy atom. The number of likely N-dealkylation sites (N-methyl/N-ethyl adjacent to an activating group) is 1. The third-order valence-electron chi connectivity index (χ3n) is 3.80. The van der Waals surface area contributed by atoms with Gasteiger partial charge in [0.1, 0.15) is 0 Å². The molecule has 0 aromatic heterocycles. The lowest BCUT2D eigenvalue weighted by Gasteiger charge is -2.30. The molecule has 0 bridgehead atoms. The molecule has 1 aliphatic rings. The molecular weight excluding hydrogens is 340 g/mol. The Morgan fingerprint density at radius 1 is 1.45 bits per heavy atom. The van der Waals surface area contributed by atoms with Crippen molar-refractivity contribution in [3.63, 3.8) is 0 Å². The molecule has 1 unspecified atom stereocenters. The van der Waals surface area contributed by atoms with Crippen LogP contribution in [0.3, 0.4) is 0 Å². The zero-order chi connectivity index (χ0) is 14.7. The third kappa shape index (κ3) is 3.54. The second-order valence-electron chi connectivity index (χ2n) is 5.30. The summed E-state index contributed by atoms with van der Waals surface area (Å²) >= 11 is 9.39. The van der Waals surface area contributed by atoms with Crippen LogP contribution in [0.25, 0.3) is 0 Å². The van der Waals surface area contributed by atoms with Crippen molar-refractivity contribution in [2.45, 2.75) is 25.8 Å². The van der Waals surface area contributed by atoms with Gasteiger partial charge in [-0.15, -0.1) is 0 Å². The molecule has 1 saturated heterocycles. The molecule has 1 aliphatic heterocycles. The fourth-order valence-corrected chi connectivity index (χ4v) is 3.53. The van der Waals surface area contributed by atoms with Crippen molar-refractivity contribution >= 4 is 33.4 Å². The van der Waals surface area contributed by atoms with Gasteiger partial charge in [-0.25, -0.2) is 0 Å². The Morgan fingerprint density at radius 3 is 2.85 bits per heavy atom. The number of carbonyl (C=O) groups is 1. The van der Waals surface area contributed by atoms with Crippen LogP contribution >= 0.6 is 27.5 Å². The number of hydrogen-bond donors (Lipinski definition) is 0. The Balaban J connectivity index is 2.25. The average molecular weight is 360 g/mol. The topological polar surface area (TPSA) is 23.6 Å². The number of hydrogen-bond acceptors (Lipinski definition) is 2. The van der Waals surface area contributed by atoms with E-state index in [0.717, 1.165) is 36.9 Å². The van der Waals surface area contributed by atoms with Gasteiger partial charge in [-0.2, -0.15) is 0 Å². The maximum atomic E-state index is 12.8. The second-order valence-corrected chi connectivity index (χ2v) is 6.59. The van der Waals surface area contributed by atoms with Crippen molar-refractivity contribution in [2.24, 2.45) is 0 Å². The summed E-state index contributed by atoms with van der Waals surface area (Å²) in [5.41, 5.74) is 0.692. The standard InChI is InChI=1S/C15H20BrClN2O/c1-3-12-10-18(2)7-4-8-19(12)15(20)13-6-5-11(17)9-14(13)16/h5-6,9,12H,3-4,7-8,10H2,1-2H3. The summed E-state index contributed by atoms with van der Waals surface area (Å²) in [6.07, 6.45) is 1.99. The van der Waals surface area contributed by atoms with Crippen LogP contribution < -0.4 is 0 Å². The van der Waals surface area contributed by atoms with Crippen molar-refractivity contribution in [1.29, 1.82) is 0 Å². The Kier molecular flexibility index (Phi) is 5.47. The predicted molar refractivity (Wildman–Crippen MR) is 86.4 cm³/mol. The van der Waals surface area contributed by atoms with E-state index in [1.54, 1.807) is 18.2 Å². The molecule has 1 aromatic carbocycles. The first-order chi connectivity index (χ1) is 9.52. The number of halogens is 2. The van der Waals surface area contributed by atoms with E-state index in [9.17, 15) is 4.79 Å². The SMILES string of the molecule is CCC1CN(C)CCCN1C(=O)c1ccc(Cl)cc1Br. The van der Waals surface area contributed by atoms with Gasteiger partial charge in [0, 0.05) is 28.6 Å². The highest BCUT2D eigenvalue weighted by Gasteiger charge is 2.27. The maximum Gasteiger partial charge on any atom is 0.255 e. The van der Waals surface area contributed by atoms with E-state index in [0.29, 0.717) is 10.6 Å². The second kappa shape index (κ2) is 6.92. The molecule has 1 aromatic rings. The molecule has 0 radical (unpaired) electrons. The minimum atomic E-state index is 0.0932. The van der Waals surface area contributed by atoms with Gasteiger partial charge in [0.05, 0.1) is 5.56 Å². The van der Waals surface area contributed by atoms with Crippen molar-refractivity contribution in [3.05, 3.63) is 33.3 Å². The zero-order valence-electron chi connectivity index (χ0n) is 11.9. The number of carbonyl (C=O) groups excluding carboxylic acids is 1. The molecule has 5 heteroatoms. The molecule has 20 heavy (non-hydrogen) atoms. The van der Waals surface area contributed by atoms with Crippen LogP contribution in [0.5, 0.6) is 0 Å². The van der Waals surface area contributed by atoms with E-state index in [1.165, 1.54) is 0 Å². The molecule has 0 spiro atoms. The van der Waals surface area contributed by atoms with Crippen LogP contribution in [0.15, 0.2) is 22.7 Å². The highest BCUT2D eigenvalue weighted by atomic mass is 79.9. The molecule has 1 heterocycles. The minimum Gasteiger partial charge on any atom is -0.334 e. The molecule has 0 aliphatic carbocycles. The van der Waals surface area contributed by atoms with Gasteiger partial charge in [-0.05, 0) is 60.6 Å². The van der Waals surface area contributed by atoms with E-state index in [2.05, 4.69) is 34.8 Å². The summed E-state index contributed by atoms with van der Waals surface area (Å²) < 4.78 is 0.766. The summed E-state index contributed by atoms with van der Waals surface area (Å²) in [6, 6.07) is 5.62. The van der Waals surface area contributed by atoms with Crippen molar-refractivity contribution in [2.75, 3.05) is 26.7 Å². The van der Waals surface area contributed by atoms with Gasteiger partial charge in [0.25, 0.3) is 5.91 Å². The Hall–Kier alpha value is -0.580. The molecule has 110 valence electrons. The first-order valence-corrected chi connectivity index (χ1v) is 8.14. The van der Waals surface area contributed by atoms with Gasteiger partial charge in [-0.3, -0.25) is 4.79 Å². The predicted octanol–water partition coefficient (Wildman–Crippen LogP) is 3.66. The molecule has 3 nitrogen and oxygen atoms in total. The number of rotatable bonds is 2. The number of benzene rings is 1. The van der Waals surface area contributed by atoms with E-state index < -0.39 is 0 Å². The van der Waals surface area contributed by atoms with Gasteiger partial charge >= 0.3 is 0 Å². The molecule has 1 fully saturated rings.